The highest BCUT2D eigenvalue weighted by Crippen LogP contribution is 2.50. The third-order valence-electron chi connectivity index (χ3n) is 4.85. The van der Waals surface area contributed by atoms with E-state index in [2.05, 4.69) is 62.7 Å². The van der Waals surface area contributed by atoms with Crippen LogP contribution in [0.3, 0.4) is 0 Å². The minimum atomic E-state index is 0.200. The second kappa shape index (κ2) is 6.32. The zero-order chi connectivity index (χ0) is 15.7. The van der Waals surface area contributed by atoms with Crippen LogP contribution in [0.4, 0.5) is 0 Å². The summed E-state index contributed by atoms with van der Waals surface area (Å²) in [5.41, 5.74) is 3.32. The second-order valence-corrected chi connectivity index (χ2v) is 8.57. The molecule has 0 bridgehead atoms. The molecule has 0 radical (unpaired) electrons. The van der Waals surface area contributed by atoms with Crippen LogP contribution in [0.1, 0.15) is 77.8 Å². The highest BCUT2D eigenvalue weighted by Gasteiger charge is 2.39. The van der Waals surface area contributed by atoms with Crippen LogP contribution >= 0.6 is 15.9 Å². The van der Waals surface area contributed by atoms with E-state index in [0.29, 0.717) is 0 Å². The van der Waals surface area contributed by atoms with E-state index in [1.165, 1.54) is 36.8 Å². The zero-order valence-corrected chi connectivity index (χ0v) is 15.8. The van der Waals surface area contributed by atoms with Crippen molar-refractivity contribution in [1.29, 1.82) is 0 Å². The first kappa shape index (κ1) is 16.9. The summed E-state index contributed by atoms with van der Waals surface area (Å²) in [6.45, 7) is 12.5. The first-order valence-corrected chi connectivity index (χ1v) is 9.04. The fraction of sp³-hybridized carbons (Fsp3) is 0.684. The molecule has 1 aliphatic carbocycles. The molecule has 0 saturated heterocycles. The fourth-order valence-electron chi connectivity index (χ4n) is 3.35. The van der Waals surface area contributed by atoms with Gasteiger partial charge in [-0.3, -0.25) is 0 Å². The zero-order valence-electron chi connectivity index (χ0n) is 14.2. The summed E-state index contributed by atoms with van der Waals surface area (Å²) in [7, 11) is 0. The maximum Gasteiger partial charge on any atom is 0.124 e. The van der Waals surface area contributed by atoms with Crippen molar-refractivity contribution in [2.24, 2.45) is 0 Å². The van der Waals surface area contributed by atoms with Gasteiger partial charge in [-0.15, -0.1) is 0 Å². The number of hydrogen-bond donors (Lipinski definition) is 0. The summed E-state index contributed by atoms with van der Waals surface area (Å²) in [6.07, 6.45) is 6.07. The van der Waals surface area contributed by atoms with Gasteiger partial charge in [-0.05, 0) is 47.8 Å². The lowest BCUT2D eigenvalue weighted by Crippen LogP contribution is -2.34. The Kier molecular flexibility index (Phi) is 5.07. The van der Waals surface area contributed by atoms with E-state index in [1.54, 1.807) is 0 Å². The quantitative estimate of drug-likeness (QED) is 0.559. The molecule has 0 spiro atoms. The van der Waals surface area contributed by atoms with E-state index >= 15 is 0 Å². The normalized spacial score (nSPS) is 19.1. The molecule has 0 aromatic heterocycles. The smallest absolute Gasteiger partial charge is 0.124 e. The molecular formula is C19H29BrO. The molecule has 118 valence electrons. The molecule has 0 aliphatic heterocycles. The molecule has 1 nitrogen and oxygen atoms in total. The molecule has 2 heteroatoms. The molecule has 1 aliphatic rings. The standard InChI is InChI=1S/C19H29BrO/c1-6-7-8-11-21-16-13-14(20)12-15-17(16)19(4,5)10-9-18(15,2)3/h12-13H,6-11H2,1-5H3. The van der Waals surface area contributed by atoms with Crippen LogP contribution in [0.25, 0.3) is 0 Å². The first-order valence-electron chi connectivity index (χ1n) is 8.25. The minimum absolute atomic E-state index is 0.200. The van der Waals surface area contributed by atoms with E-state index in [4.69, 9.17) is 4.74 Å². The van der Waals surface area contributed by atoms with Crippen molar-refractivity contribution in [3.8, 4) is 5.75 Å². The third-order valence-corrected chi connectivity index (χ3v) is 5.31. The second-order valence-electron chi connectivity index (χ2n) is 7.65. The Morgan fingerprint density at radius 3 is 2.38 bits per heavy atom. The number of hydrogen-bond acceptors (Lipinski definition) is 1. The number of ether oxygens (including phenoxy) is 1. The molecule has 0 fully saturated rings. The van der Waals surface area contributed by atoms with Gasteiger partial charge in [0.05, 0.1) is 6.61 Å². The van der Waals surface area contributed by atoms with Gasteiger partial charge >= 0.3 is 0 Å². The summed E-state index contributed by atoms with van der Waals surface area (Å²) >= 11 is 3.67. The Bertz CT molecular complexity index is 503. The number of rotatable bonds is 5. The van der Waals surface area contributed by atoms with E-state index in [-0.39, 0.29) is 10.8 Å². The Morgan fingerprint density at radius 2 is 1.71 bits per heavy atom. The van der Waals surface area contributed by atoms with Crippen molar-refractivity contribution >= 4 is 15.9 Å². The molecule has 0 saturated carbocycles. The summed E-state index contributed by atoms with van der Waals surface area (Å²) in [5.74, 6) is 1.09. The Balaban J connectivity index is 2.39. The molecule has 0 atom stereocenters. The molecule has 0 N–H and O–H groups in total. The third kappa shape index (κ3) is 3.64. The van der Waals surface area contributed by atoms with E-state index in [1.807, 2.05) is 0 Å². The van der Waals surface area contributed by atoms with Crippen LogP contribution in [0, 0.1) is 0 Å². The summed E-state index contributed by atoms with van der Waals surface area (Å²) < 4.78 is 7.32. The highest BCUT2D eigenvalue weighted by atomic mass is 79.9. The minimum Gasteiger partial charge on any atom is -0.493 e. The number of fused-ring (bicyclic) bond motifs is 1. The Labute approximate surface area is 138 Å². The topological polar surface area (TPSA) is 9.23 Å². The molecule has 0 amide bonds. The van der Waals surface area contributed by atoms with Crippen molar-refractivity contribution in [1.82, 2.24) is 0 Å². The predicted octanol–water partition coefficient (Wildman–Crippen LogP) is 6.37. The van der Waals surface area contributed by atoms with Crippen LogP contribution in [-0.2, 0) is 10.8 Å². The Morgan fingerprint density at radius 1 is 1.05 bits per heavy atom. The molecule has 1 aromatic carbocycles. The predicted molar refractivity (Wildman–Crippen MR) is 94.4 cm³/mol. The lowest BCUT2D eigenvalue weighted by molar-refractivity contribution is 0.276. The Hall–Kier alpha value is -0.500. The van der Waals surface area contributed by atoms with E-state index in [0.717, 1.165) is 23.2 Å². The first-order chi connectivity index (χ1) is 9.78. The van der Waals surface area contributed by atoms with Gasteiger partial charge in [-0.2, -0.15) is 0 Å². The molecule has 21 heavy (non-hydrogen) atoms. The van der Waals surface area contributed by atoms with Gasteiger partial charge in [0.2, 0.25) is 0 Å². The van der Waals surface area contributed by atoms with Crippen LogP contribution in [0.15, 0.2) is 16.6 Å². The van der Waals surface area contributed by atoms with Gasteiger partial charge in [0.25, 0.3) is 0 Å². The molecule has 0 unspecified atom stereocenters. The average molecular weight is 353 g/mol. The van der Waals surface area contributed by atoms with Crippen LogP contribution < -0.4 is 4.74 Å². The number of benzene rings is 1. The van der Waals surface area contributed by atoms with Gasteiger partial charge < -0.3 is 4.74 Å². The lowest BCUT2D eigenvalue weighted by Gasteiger charge is -2.42. The number of unbranched alkanes of at least 4 members (excludes halogenated alkanes) is 2. The van der Waals surface area contributed by atoms with Crippen LogP contribution in [0.2, 0.25) is 0 Å². The molecular weight excluding hydrogens is 324 g/mol. The lowest BCUT2D eigenvalue weighted by atomic mass is 9.63. The maximum absolute atomic E-state index is 6.19. The van der Waals surface area contributed by atoms with Gasteiger partial charge in [0, 0.05) is 10.0 Å². The monoisotopic (exact) mass is 352 g/mol. The number of halogens is 1. The van der Waals surface area contributed by atoms with Crippen LogP contribution in [0.5, 0.6) is 5.75 Å². The van der Waals surface area contributed by atoms with Crippen molar-refractivity contribution in [3.63, 3.8) is 0 Å². The largest absolute Gasteiger partial charge is 0.493 e. The summed E-state index contributed by atoms with van der Waals surface area (Å²) in [5, 5.41) is 0. The average Bonchev–Trinajstić information content (AvgIpc) is 2.39. The highest BCUT2D eigenvalue weighted by molar-refractivity contribution is 9.10. The summed E-state index contributed by atoms with van der Waals surface area (Å²) in [6, 6.07) is 4.46. The summed E-state index contributed by atoms with van der Waals surface area (Å²) in [4.78, 5) is 0. The molecule has 2 rings (SSSR count). The molecule has 0 heterocycles. The van der Waals surface area contributed by atoms with Crippen molar-refractivity contribution in [2.45, 2.75) is 77.6 Å². The van der Waals surface area contributed by atoms with Crippen LogP contribution in [-0.4, -0.2) is 6.61 Å². The SMILES string of the molecule is CCCCCOc1cc(Br)cc2c1C(C)(C)CCC2(C)C. The van der Waals surface area contributed by atoms with Crippen molar-refractivity contribution in [3.05, 3.63) is 27.7 Å². The van der Waals surface area contributed by atoms with Gasteiger partial charge in [0.1, 0.15) is 5.75 Å². The van der Waals surface area contributed by atoms with Gasteiger partial charge in [-0.25, -0.2) is 0 Å². The van der Waals surface area contributed by atoms with Crippen molar-refractivity contribution in [2.75, 3.05) is 6.61 Å². The van der Waals surface area contributed by atoms with E-state index < -0.39 is 0 Å². The van der Waals surface area contributed by atoms with Crippen molar-refractivity contribution < 1.29 is 4.74 Å². The molecule has 1 aromatic rings. The maximum atomic E-state index is 6.19. The van der Waals surface area contributed by atoms with Gasteiger partial charge in [-0.1, -0.05) is 63.4 Å². The fourth-order valence-corrected chi connectivity index (χ4v) is 3.78. The van der Waals surface area contributed by atoms with E-state index in [9.17, 15) is 0 Å². The van der Waals surface area contributed by atoms with Gasteiger partial charge in [0.15, 0.2) is 0 Å².